The number of piperazine rings is 1. The molecule has 0 atom stereocenters. The number of nitrogens with one attached hydrogen (secondary N) is 1. The zero-order chi connectivity index (χ0) is 22.4. The Morgan fingerprint density at radius 2 is 1.58 bits per heavy atom. The number of carbonyl (C=O) groups is 3. The maximum atomic E-state index is 13.1. The van der Waals surface area contributed by atoms with E-state index < -0.39 is 11.9 Å². The third-order valence-electron chi connectivity index (χ3n) is 5.05. The van der Waals surface area contributed by atoms with Gasteiger partial charge in [-0.1, -0.05) is 0 Å². The number of amides is 2. The predicted octanol–water partition coefficient (Wildman–Crippen LogP) is 2.85. The highest BCUT2D eigenvalue weighted by molar-refractivity contribution is 6.07. The lowest BCUT2D eigenvalue weighted by Gasteiger charge is -2.35. The van der Waals surface area contributed by atoms with E-state index in [1.807, 2.05) is 0 Å². The van der Waals surface area contributed by atoms with Gasteiger partial charge in [-0.05, 0) is 55.5 Å². The van der Waals surface area contributed by atoms with Crippen molar-refractivity contribution in [1.29, 1.82) is 0 Å². The normalized spacial score (nSPS) is 14.2. The molecule has 1 aliphatic rings. The average Bonchev–Trinajstić information content (AvgIpc) is 2.79. The average molecular weight is 425 g/mol. The molecule has 2 aromatic carbocycles. The Hall–Kier alpha value is -3.68. The van der Waals surface area contributed by atoms with E-state index in [2.05, 4.69) is 15.0 Å². The molecule has 0 bridgehead atoms. The molecule has 2 aromatic rings. The molecule has 1 fully saturated rings. The van der Waals surface area contributed by atoms with Crippen LogP contribution in [0.1, 0.15) is 17.3 Å². The summed E-state index contributed by atoms with van der Waals surface area (Å²) in [5, 5.41) is 2.70. The number of carbonyl (C=O) groups excluding carboxylic acids is 3. The molecule has 162 valence electrons. The third-order valence-corrected chi connectivity index (χ3v) is 5.05. The molecule has 7 nitrogen and oxygen atoms in total. The van der Waals surface area contributed by atoms with E-state index in [-0.39, 0.29) is 17.3 Å². The van der Waals surface area contributed by atoms with Gasteiger partial charge in [-0.25, -0.2) is 9.18 Å². The van der Waals surface area contributed by atoms with Gasteiger partial charge in [0.05, 0.1) is 12.7 Å². The summed E-state index contributed by atoms with van der Waals surface area (Å²) >= 11 is 0. The lowest BCUT2D eigenvalue weighted by molar-refractivity contribution is -0.126. The predicted molar refractivity (Wildman–Crippen MR) is 115 cm³/mol. The fourth-order valence-electron chi connectivity index (χ4n) is 3.22. The first-order valence-corrected chi connectivity index (χ1v) is 9.85. The number of rotatable bonds is 5. The van der Waals surface area contributed by atoms with Crippen LogP contribution in [-0.4, -0.2) is 56.0 Å². The Bertz CT molecular complexity index is 979. The van der Waals surface area contributed by atoms with Gasteiger partial charge in [0, 0.05) is 49.2 Å². The lowest BCUT2D eigenvalue weighted by atomic mass is 10.2. The molecule has 31 heavy (non-hydrogen) atoms. The summed E-state index contributed by atoms with van der Waals surface area (Å²) < 4.78 is 17.7. The van der Waals surface area contributed by atoms with Gasteiger partial charge < -0.3 is 19.9 Å². The van der Waals surface area contributed by atoms with Crippen molar-refractivity contribution in [3.8, 4) is 0 Å². The molecule has 0 unspecified atom stereocenters. The molecule has 1 N–H and O–H groups in total. The van der Waals surface area contributed by atoms with Gasteiger partial charge in [-0.3, -0.25) is 9.59 Å². The van der Waals surface area contributed by atoms with E-state index >= 15 is 0 Å². The molecule has 1 aliphatic heterocycles. The quantitative estimate of drug-likeness (QED) is 0.589. The van der Waals surface area contributed by atoms with Crippen LogP contribution in [0.5, 0.6) is 0 Å². The largest absolute Gasteiger partial charge is 0.465 e. The van der Waals surface area contributed by atoms with Crippen molar-refractivity contribution in [3.63, 3.8) is 0 Å². The molecular weight excluding hydrogens is 401 g/mol. The molecular formula is C23H24FN3O4. The number of ether oxygens (including phenoxy) is 1. The number of hydrogen-bond acceptors (Lipinski definition) is 5. The second-order valence-electron chi connectivity index (χ2n) is 7.14. The summed E-state index contributed by atoms with van der Waals surface area (Å²) in [4.78, 5) is 40.2. The minimum Gasteiger partial charge on any atom is -0.465 e. The molecule has 0 spiro atoms. The first-order valence-electron chi connectivity index (χ1n) is 9.85. The summed E-state index contributed by atoms with van der Waals surface area (Å²) in [6, 6.07) is 12.6. The number of anilines is 2. The first kappa shape index (κ1) is 22.0. The van der Waals surface area contributed by atoms with E-state index in [1.54, 1.807) is 48.2 Å². The molecule has 0 saturated carbocycles. The van der Waals surface area contributed by atoms with Crippen LogP contribution >= 0.6 is 0 Å². The van der Waals surface area contributed by atoms with Gasteiger partial charge in [-0.2, -0.15) is 0 Å². The van der Waals surface area contributed by atoms with Crippen molar-refractivity contribution in [2.45, 2.75) is 6.92 Å². The summed E-state index contributed by atoms with van der Waals surface area (Å²) in [6.45, 7) is 3.85. The molecule has 0 aliphatic carbocycles. The molecule has 8 heteroatoms. The van der Waals surface area contributed by atoms with Crippen LogP contribution in [0, 0.1) is 5.82 Å². The first-order chi connectivity index (χ1) is 14.9. The summed E-state index contributed by atoms with van der Waals surface area (Å²) in [5.41, 5.74) is 2.08. The van der Waals surface area contributed by atoms with E-state index in [0.717, 1.165) is 5.69 Å². The van der Waals surface area contributed by atoms with Crippen molar-refractivity contribution in [2.24, 2.45) is 0 Å². The van der Waals surface area contributed by atoms with E-state index in [0.29, 0.717) is 37.4 Å². The van der Waals surface area contributed by atoms with Crippen LogP contribution in [-0.2, 0) is 14.3 Å². The minimum absolute atomic E-state index is 0.229. The Kier molecular flexibility index (Phi) is 7.02. The van der Waals surface area contributed by atoms with Crippen LogP contribution in [0.25, 0.3) is 0 Å². The van der Waals surface area contributed by atoms with Crippen molar-refractivity contribution < 1.29 is 23.5 Å². The SMILES string of the molecule is COC(=O)c1ccc(NC(=O)/C(C)=C/C(=O)N2CCN(c3ccc(F)cc3)CC2)cc1. The number of benzene rings is 2. The molecule has 1 saturated heterocycles. The van der Waals surface area contributed by atoms with E-state index in [9.17, 15) is 18.8 Å². The fraction of sp³-hybridized carbons (Fsp3) is 0.261. The topological polar surface area (TPSA) is 78.9 Å². The molecule has 1 heterocycles. The number of methoxy groups -OCH3 is 1. The highest BCUT2D eigenvalue weighted by atomic mass is 19.1. The Balaban J connectivity index is 1.53. The Labute approximate surface area is 180 Å². The van der Waals surface area contributed by atoms with Crippen molar-refractivity contribution in [2.75, 3.05) is 43.5 Å². The Morgan fingerprint density at radius 3 is 2.16 bits per heavy atom. The third kappa shape index (κ3) is 5.69. The second kappa shape index (κ2) is 9.88. The lowest BCUT2D eigenvalue weighted by Crippen LogP contribution is -2.48. The van der Waals surface area contributed by atoms with Crippen LogP contribution in [0.3, 0.4) is 0 Å². The van der Waals surface area contributed by atoms with Gasteiger partial charge >= 0.3 is 5.97 Å². The zero-order valence-electron chi connectivity index (χ0n) is 17.4. The maximum Gasteiger partial charge on any atom is 0.337 e. The summed E-state index contributed by atoms with van der Waals surface area (Å²) in [7, 11) is 1.30. The highest BCUT2D eigenvalue weighted by Crippen LogP contribution is 2.17. The van der Waals surface area contributed by atoms with Gasteiger partial charge in [0.25, 0.3) is 5.91 Å². The van der Waals surface area contributed by atoms with Crippen molar-refractivity contribution in [1.82, 2.24) is 4.90 Å². The minimum atomic E-state index is -0.459. The van der Waals surface area contributed by atoms with Crippen LogP contribution < -0.4 is 10.2 Å². The van der Waals surface area contributed by atoms with Crippen LogP contribution in [0.15, 0.2) is 60.2 Å². The van der Waals surface area contributed by atoms with E-state index in [1.165, 1.54) is 25.3 Å². The zero-order valence-corrected chi connectivity index (χ0v) is 17.4. The van der Waals surface area contributed by atoms with Gasteiger partial charge in [-0.15, -0.1) is 0 Å². The molecule has 3 rings (SSSR count). The maximum absolute atomic E-state index is 13.1. The highest BCUT2D eigenvalue weighted by Gasteiger charge is 2.21. The number of esters is 1. The monoisotopic (exact) mass is 425 g/mol. The number of hydrogen-bond donors (Lipinski definition) is 1. The molecule has 0 radical (unpaired) electrons. The number of nitrogens with zero attached hydrogens (tertiary/aromatic N) is 2. The van der Waals surface area contributed by atoms with E-state index in [4.69, 9.17) is 0 Å². The molecule has 2 amide bonds. The fourth-order valence-corrected chi connectivity index (χ4v) is 3.22. The van der Waals surface area contributed by atoms with Crippen LogP contribution in [0.4, 0.5) is 15.8 Å². The second-order valence-corrected chi connectivity index (χ2v) is 7.14. The van der Waals surface area contributed by atoms with Crippen molar-refractivity contribution >= 4 is 29.2 Å². The standard InChI is InChI=1S/C23H24FN3O4/c1-16(22(29)25-19-7-3-17(4-8-19)23(30)31-2)15-21(28)27-13-11-26(12-14-27)20-9-5-18(24)6-10-20/h3-10,15H,11-14H2,1-2H3,(H,25,29)/b16-15+. The molecule has 0 aromatic heterocycles. The van der Waals surface area contributed by atoms with Crippen LogP contribution in [0.2, 0.25) is 0 Å². The summed E-state index contributed by atoms with van der Waals surface area (Å²) in [6.07, 6.45) is 1.33. The number of halogens is 1. The van der Waals surface area contributed by atoms with Gasteiger partial charge in [0.1, 0.15) is 5.82 Å². The van der Waals surface area contributed by atoms with Gasteiger partial charge in [0.2, 0.25) is 5.91 Å². The summed E-state index contributed by atoms with van der Waals surface area (Å²) in [5.74, 6) is -1.37. The Morgan fingerprint density at radius 1 is 0.968 bits per heavy atom. The smallest absolute Gasteiger partial charge is 0.337 e. The van der Waals surface area contributed by atoms with Gasteiger partial charge in [0.15, 0.2) is 0 Å². The van der Waals surface area contributed by atoms with Crippen molar-refractivity contribution in [3.05, 3.63) is 71.6 Å².